The number of hydrogen-bond donors (Lipinski definition) is 1. The van der Waals surface area contributed by atoms with Gasteiger partial charge in [0.25, 0.3) is 11.6 Å². The Morgan fingerprint density at radius 3 is 2.62 bits per heavy atom. The first-order chi connectivity index (χ1) is 14.0. The van der Waals surface area contributed by atoms with Gasteiger partial charge in [-0.15, -0.1) is 0 Å². The Balaban J connectivity index is 1.73. The number of imidazole rings is 1. The summed E-state index contributed by atoms with van der Waals surface area (Å²) < 4.78 is 6.52. The van der Waals surface area contributed by atoms with Gasteiger partial charge in [0.05, 0.1) is 23.9 Å². The molecule has 0 unspecified atom stereocenters. The maximum Gasteiger partial charge on any atom is 0.338 e. The molecule has 3 aromatic rings. The number of nitrogens with one attached hydrogen (secondary N) is 1. The molecule has 0 saturated carbocycles. The molecule has 148 valence electrons. The quantitative estimate of drug-likeness (QED) is 0.374. The number of ether oxygens (including phenoxy) is 1. The highest BCUT2D eigenvalue weighted by molar-refractivity contribution is 5.98. The van der Waals surface area contributed by atoms with Gasteiger partial charge in [-0.3, -0.25) is 14.9 Å². The van der Waals surface area contributed by atoms with E-state index in [9.17, 15) is 19.7 Å². The van der Waals surface area contributed by atoms with E-state index < -0.39 is 16.8 Å². The van der Waals surface area contributed by atoms with Crippen LogP contribution in [0.5, 0.6) is 0 Å². The Bertz CT molecular complexity index is 1050. The number of nitro benzene ring substituents is 1. The van der Waals surface area contributed by atoms with E-state index in [1.807, 2.05) is 35.0 Å². The number of amides is 1. The molecule has 0 fully saturated rings. The first-order valence-electron chi connectivity index (χ1n) is 8.66. The first kappa shape index (κ1) is 19.7. The van der Waals surface area contributed by atoms with Crippen LogP contribution in [0.4, 0.5) is 5.69 Å². The summed E-state index contributed by atoms with van der Waals surface area (Å²) in [7, 11) is 1.16. The van der Waals surface area contributed by atoms with Gasteiger partial charge in [-0.05, 0) is 17.2 Å². The van der Waals surface area contributed by atoms with Crippen molar-refractivity contribution in [3.8, 4) is 0 Å². The van der Waals surface area contributed by atoms with Crippen LogP contribution in [-0.2, 0) is 17.8 Å². The molecular formula is C20H18N4O5. The number of methoxy groups -OCH3 is 1. The Hall–Kier alpha value is -4.01. The number of carbonyl (C=O) groups excluding carboxylic acids is 2. The highest BCUT2D eigenvalue weighted by Gasteiger charge is 2.18. The highest BCUT2D eigenvalue weighted by atomic mass is 16.6. The number of esters is 1. The Morgan fingerprint density at radius 1 is 1.17 bits per heavy atom. The number of benzene rings is 2. The number of carbonyl (C=O) groups is 2. The third-order valence-electron chi connectivity index (χ3n) is 4.18. The second-order valence-corrected chi connectivity index (χ2v) is 6.25. The van der Waals surface area contributed by atoms with Crippen LogP contribution in [0.1, 0.15) is 31.8 Å². The molecule has 0 saturated heterocycles. The average molecular weight is 394 g/mol. The molecule has 0 atom stereocenters. The molecule has 0 bridgehead atoms. The van der Waals surface area contributed by atoms with Crippen LogP contribution < -0.4 is 5.32 Å². The molecule has 0 aliphatic rings. The molecule has 2 aromatic carbocycles. The van der Waals surface area contributed by atoms with E-state index in [0.29, 0.717) is 6.54 Å². The molecule has 1 heterocycles. The fraction of sp³-hybridized carbons (Fsp3) is 0.150. The Kier molecular flexibility index (Phi) is 5.98. The van der Waals surface area contributed by atoms with E-state index in [1.165, 1.54) is 6.07 Å². The van der Waals surface area contributed by atoms with Crippen LogP contribution in [0.3, 0.4) is 0 Å². The molecule has 3 rings (SSSR count). The molecule has 1 amide bonds. The molecule has 1 aromatic heterocycles. The standard InChI is InChI=1S/C20H18N4O5/c1-29-20(26)17-8-16(9-18(10-17)24(27)28)19(25)22-11-14-3-2-4-15(7-14)12-23-6-5-21-13-23/h2-10,13H,11-12H2,1H3,(H,22,25). The van der Waals surface area contributed by atoms with Crippen molar-refractivity contribution in [1.82, 2.24) is 14.9 Å². The fourth-order valence-corrected chi connectivity index (χ4v) is 2.80. The molecule has 1 N–H and O–H groups in total. The average Bonchev–Trinajstić information content (AvgIpc) is 3.24. The summed E-state index contributed by atoms with van der Waals surface area (Å²) >= 11 is 0. The number of nitrogens with zero attached hydrogens (tertiary/aromatic N) is 3. The molecule has 0 radical (unpaired) electrons. The number of nitro groups is 1. The van der Waals surface area contributed by atoms with E-state index in [0.717, 1.165) is 30.4 Å². The second-order valence-electron chi connectivity index (χ2n) is 6.25. The first-order valence-corrected chi connectivity index (χ1v) is 8.66. The minimum Gasteiger partial charge on any atom is -0.465 e. The maximum absolute atomic E-state index is 12.5. The summed E-state index contributed by atoms with van der Waals surface area (Å²) in [4.78, 5) is 38.7. The second kappa shape index (κ2) is 8.79. The van der Waals surface area contributed by atoms with Gasteiger partial charge in [0.1, 0.15) is 0 Å². The lowest BCUT2D eigenvalue weighted by Crippen LogP contribution is -2.23. The normalized spacial score (nSPS) is 10.4. The van der Waals surface area contributed by atoms with Crippen molar-refractivity contribution < 1.29 is 19.2 Å². The van der Waals surface area contributed by atoms with E-state index in [-0.39, 0.29) is 23.4 Å². The SMILES string of the molecule is COC(=O)c1cc(C(=O)NCc2cccc(Cn3ccnc3)c2)cc([N+](=O)[O-])c1. The summed E-state index contributed by atoms with van der Waals surface area (Å²) in [5, 5.41) is 13.8. The zero-order valence-electron chi connectivity index (χ0n) is 15.6. The van der Waals surface area contributed by atoms with Crippen LogP contribution in [0, 0.1) is 10.1 Å². The summed E-state index contributed by atoms with van der Waals surface area (Å²) in [6.07, 6.45) is 5.27. The lowest BCUT2D eigenvalue weighted by molar-refractivity contribution is -0.384. The molecular weight excluding hydrogens is 376 g/mol. The van der Waals surface area contributed by atoms with E-state index in [1.54, 1.807) is 12.5 Å². The zero-order chi connectivity index (χ0) is 20.8. The van der Waals surface area contributed by atoms with Gasteiger partial charge in [-0.25, -0.2) is 9.78 Å². The van der Waals surface area contributed by atoms with Gasteiger partial charge >= 0.3 is 5.97 Å². The number of rotatable bonds is 7. The predicted molar refractivity (Wildman–Crippen MR) is 103 cm³/mol. The van der Waals surface area contributed by atoms with E-state index in [2.05, 4.69) is 15.0 Å². The molecule has 0 aliphatic carbocycles. The van der Waals surface area contributed by atoms with Crippen molar-refractivity contribution in [3.63, 3.8) is 0 Å². The fourth-order valence-electron chi connectivity index (χ4n) is 2.80. The lowest BCUT2D eigenvalue weighted by Gasteiger charge is -2.09. The van der Waals surface area contributed by atoms with Crippen molar-refractivity contribution in [2.45, 2.75) is 13.1 Å². The van der Waals surface area contributed by atoms with Crippen molar-refractivity contribution in [2.24, 2.45) is 0 Å². The van der Waals surface area contributed by atoms with Gasteiger partial charge < -0.3 is 14.6 Å². The third kappa shape index (κ3) is 5.04. The van der Waals surface area contributed by atoms with Crippen LogP contribution in [-0.4, -0.2) is 33.5 Å². The Morgan fingerprint density at radius 2 is 1.93 bits per heavy atom. The minimum absolute atomic E-state index is 0.00849. The number of hydrogen-bond acceptors (Lipinski definition) is 6. The van der Waals surface area contributed by atoms with Crippen LogP contribution in [0.15, 0.2) is 61.2 Å². The minimum atomic E-state index is -0.755. The van der Waals surface area contributed by atoms with Crippen LogP contribution in [0.2, 0.25) is 0 Å². The smallest absolute Gasteiger partial charge is 0.338 e. The topological polar surface area (TPSA) is 116 Å². The highest BCUT2D eigenvalue weighted by Crippen LogP contribution is 2.18. The summed E-state index contributed by atoms with van der Waals surface area (Å²) in [5.41, 5.74) is 1.50. The van der Waals surface area contributed by atoms with E-state index in [4.69, 9.17) is 0 Å². The zero-order valence-corrected chi connectivity index (χ0v) is 15.6. The van der Waals surface area contributed by atoms with Gasteiger partial charge in [0, 0.05) is 43.2 Å². The maximum atomic E-state index is 12.5. The molecule has 9 nitrogen and oxygen atoms in total. The van der Waals surface area contributed by atoms with Gasteiger partial charge in [0.15, 0.2) is 0 Å². The van der Waals surface area contributed by atoms with Gasteiger partial charge in [-0.1, -0.05) is 24.3 Å². The van der Waals surface area contributed by atoms with E-state index >= 15 is 0 Å². The molecule has 0 aliphatic heterocycles. The lowest BCUT2D eigenvalue weighted by atomic mass is 10.1. The van der Waals surface area contributed by atoms with Crippen molar-refractivity contribution >= 4 is 17.6 Å². The predicted octanol–water partition coefficient (Wildman–Crippen LogP) is 2.56. The monoisotopic (exact) mass is 394 g/mol. The van der Waals surface area contributed by atoms with Crippen LogP contribution >= 0.6 is 0 Å². The van der Waals surface area contributed by atoms with Crippen molar-refractivity contribution in [2.75, 3.05) is 7.11 Å². The Labute approximate surface area is 166 Å². The summed E-state index contributed by atoms with van der Waals surface area (Å²) in [6, 6.07) is 11.1. The summed E-state index contributed by atoms with van der Waals surface area (Å²) in [5.74, 6) is -1.28. The van der Waals surface area contributed by atoms with Crippen LogP contribution in [0.25, 0.3) is 0 Å². The molecule has 9 heteroatoms. The van der Waals surface area contributed by atoms with Crippen molar-refractivity contribution in [1.29, 1.82) is 0 Å². The number of non-ortho nitro benzene ring substituents is 1. The van der Waals surface area contributed by atoms with Gasteiger partial charge in [-0.2, -0.15) is 0 Å². The number of aromatic nitrogens is 2. The largest absolute Gasteiger partial charge is 0.465 e. The molecule has 29 heavy (non-hydrogen) atoms. The molecule has 0 spiro atoms. The summed E-state index contributed by atoms with van der Waals surface area (Å²) in [6.45, 7) is 0.877. The van der Waals surface area contributed by atoms with Gasteiger partial charge in [0.2, 0.25) is 0 Å². The third-order valence-corrected chi connectivity index (χ3v) is 4.18. The van der Waals surface area contributed by atoms with Crippen molar-refractivity contribution in [3.05, 3.63) is 93.6 Å².